The van der Waals surface area contributed by atoms with Crippen LogP contribution in [0.25, 0.3) is 5.69 Å². The van der Waals surface area contributed by atoms with Gasteiger partial charge in [-0.2, -0.15) is 5.10 Å². The van der Waals surface area contributed by atoms with Gasteiger partial charge in [0.2, 0.25) is 0 Å². The van der Waals surface area contributed by atoms with E-state index < -0.39 is 11.6 Å². The molecule has 1 aliphatic heterocycles. The van der Waals surface area contributed by atoms with Crippen LogP contribution in [0.4, 0.5) is 8.78 Å². The molecule has 0 bridgehead atoms. The van der Waals surface area contributed by atoms with Gasteiger partial charge in [-0.3, -0.25) is 4.90 Å². The summed E-state index contributed by atoms with van der Waals surface area (Å²) in [5.41, 5.74) is 6.84. The molecule has 3 rings (SSSR count). The predicted molar refractivity (Wildman–Crippen MR) is 80.5 cm³/mol. The van der Waals surface area contributed by atoms with E-state index in [1.54, 1.807) is 6.20 Å². The summed E-state index contributed by atoms with van der Waals surface area (Å²) in [5.74, 6) is -0.572. The van der Waals surface area contributed by atoms with Crippen LogP contribution < -0.4 is 5.73 Å². The van der Waals surface area contributed by atoms with Crippen LogP contribution in [0.15, 0.2) is 30.5 Å². The van der Waals surface area contributed by atoms with E-state index in [9.17, 15) is 8.78 Å². The van der Waals surface area contributed by atoms with E-state index in [0.29, 0.717) is 5.92 Å². The first kappa shape index (κ1) is 15.1. The van der Waals surface area contributed by atoms with Gasteiger partial charge >= 0.3 is 0 Å². The topological polar surface area (TPSA) is 47.1 Å². The molecular weight excluding hydrogens is 286 g/mol. The summed E-state index contributed by atoms with van der Waals surface area (Å²) >= 11 is 0. The van der Waals surface area contributed by atoms with Crippen LogP contribution >= 0.6 is 0 Å². The second kappa shape index (κ2) is 6.54. The molecule has 6 heteroatoms. The molecule has 22 heavy (non-hydrogen) atoms. The average molecular weight is 306 g/mol. The third-order valence-electron chi connectivity index (χ3n) is 4.23. The summed E-state index contributed by atoms with van der Waals surface area (Å²) < 4.78 is 28.2. The zero-order valence-electron chi connectivity index (χ0n) is 12.4. The van der Waals surface area contributed by atoms with Crippen molar-refractivity contribution >= 4 is 0 Å². The summed E-state index contributed by atoms with van der Waals surface area (Å²) in [7, 11) is 0. The Balaban J connectivity index is 1.66. The molecule has 0 unspecified atom stereocenters. The molecular formula is C16H20F2N4. The van der Waals surface area contributed by atoms with E-state index in [4.69, 9.17) is 5.73 Å². The Labute approximate surface area is 128 Å². The van der Waals surface area contributed by atoms with Crippen molar-refractivity contribution in [3.63, 3.8) is 0 Å². The summed E-state index contributed by atoms with van der Waals surface area (Å²) in [5, 5.41) is 4.39. The van der Waals surface area contributed by atoms with E-state index >= 15 is 0 Å². The van der Waals surface area contributed by atoms with Crippen molar-refractivity contribution in [1.29, 1.82) is 0 Å². The average Bonchev–Trinajstić information content (AvgIpc) is 2.96. The maximum atomic E-state index is 13.8. The Morgan fingerprint density at radius 1 is 1.18 bits per heavy atom. The minimum atomic E-state index is -0.613. The molecule has 2 aromatic rings. The van der Waals surface area contributed by atoms with Gasteiger partial charge in [-0.05, 0) is 56.6 Å². The van der Waals surface area contributed by atoms with E-state index in [-0.39, 0.29) is 5.69 Å². The molecule has 0 saturated carbocycles. The highest BCUT2D eigenvalue weighted by atomic mass is 19.1. The van der Waals surface area contributed by atoms with Gasteiger partial charge in [-0.1, -0.05) is 0 Å². The monoisotopic (exact) mass is 306 g/mol. The van der Waals surface area contributed by atoms with Crippen molar-refractivity contribution < 1.29 is 8.78 Å². The van der Waals surface area contributed by atoms with E-state index in [1.807, 2.05) is 6.07 Å². The van der Waals surface area contributed by atoms with Gasteiger partial charge in [0.15, 0.2) is 5.82 Å². The van der Waals surface area contributed by atoms with Crippen LogP contribution in [0.2, 0.25) is 0 Å². The molecule has 1 fully saturated rings. The second-order valence-electron chi connectivity index (χ2n) is 5.80. The predicted octanol–water partition coefficient (Wildman–Crippen LogP) is 2.32. The number of halogens is 2. The Morgan fingerprint density at radius 3 is 2.64 bits per heavy atom. The van der Waals surface area contributed by atoms with Crippen LogP contribution in [0, 0.1) is 17.6 Å². The lowest BCUT2D eigenvalue weighted by atomic mass is 9.97. The van der Waals surface area contributed by atoms with Gasteiger partial charge in [-0.15, -0.1) is 0 Å². The summed E-state index contributed by atoms with van der Waals surface area (Å²) in [6, 6.07) is 5.37. The van der Waals surface area contributed by atoms with Crippen LogP contribution in [0.5, 0.6) is 0 Å². The van der Waals surface area contributed by atoms with Gasteiger partial charge in [0.05, 0.1) is 5.69 Å². The van der Waals surface area contributed by atoms with Crippen LogP contribution in [0.1, 0.15) is 18.5 Å². The largest absolute Gasteiger partial charge is 0.330 e. The van der Waals surface area contributed by atoms with E-state index in [1.165, 1.54) is 16.8 Å². The summed E-state index contributed by atoms with van der Waals surface area (Å²) in [6.45, 7) is 3.53. The third kappa shape index (κ3) is 3.34. The first-order chi connectivity index (χ1) is 10.7. The number of nitrogens with two attached hydrogens (primary N) is 1. The maximum absolute atomic E-state index is 13.8. The number of nitrogens with zero attached hydrogens (tertiary/aromatic N) is 3. The Kier molecular flexibility index (Phi) is 4.49. The molecule has 0 spiro atoms. The van der Waals surface area contributed by atoms with Gasteiger partial charge in [0.25, 0.3) is 0 Å². The normalized spacial score (nSPS) is 17.0. The number of hydrogen-bond acceptors (Lipinski definition) is 3. The molecule has 1 aromatic heterocycles. The fourth-order valence-corrected chi connectivity index (χ4v) is 2.86. The molecule has 1 aliphatic rings. The number of rotatable bonds is 4. The zero-order valence-corrected chi connectivity index (χ0v) is 12.4. The lowest BCUT2D eigenvalue weighted by Crippen LogP contribution is -2.35. The molecule has 0 radical (unpaired) electrons. The second-order valence-corrected chi connectivity index (χ2v) is 5.80. The molecule has 1 aromatic carbocycles. The van der Waals surface area contributed by atoms with Crippen molar-refractivity contribution in [1.82, 2.24) is 14.7 Å². The highest BCUT2D eigenvalue weighted by molar-refractivity contribution is 5.33. The molecule has 0 amide bonds. The molecule has 0 atom stereocenters. The van der Waals surface area contributed by atoms with E-state index in [2.05, 4.69) is 10.00 Å². The molecule has 2 N–H and O–H groups in total. The molecule has 1 saturated heterocycles. The van der Waals surface area contributed by atoms with Crippen LogP contribution in [-0.4, -0.2) is 34.3 Å². The van der Waals surface area contributed by atoms with Crippen molar-refractivity contribution in [3.05, 3.63) is 47.8 Å². The summed E-state index contributed by atoms with van der Waals surface area (Å²) in [6.07, 6.45) is 3.94. The van der Waals surface area contributed by atoms with Gasteiger partial charge < -0.3 is 5.73 Å². The van der Waals surface area contributed by atoms with Gasteiger partial charge in [-0.25, -0.2) is 13.5 Å². The first-order valence-corrected chi connectivity index (χ1v) is 7.58. The highest BCUT2D eigenvalue weighted by Gasteiger charge is 2.18. The lowest BCUT2D eigenvalue weighted by Gasteiger charge is -2.30. The van der Waals surface area contributed by atoms with Crippen molar-refractivity contribution in [3.8, 4) is 5.69 Å². The number of piperidine rings is 1. The van der Waals surface area contributed by atoms with Crippen LogP contribution in [-0.2, 0) is 6.54 Å². The fraction of sp³-hybridized carbons (Fsp3) is 0.438. The molecule has 118 valence electrons. The lowest BCUT2D eigenvalue weighted by molar-refractivity contribution is 0.178. The summed E-state index contributed by atoms with van der Waals surface area (Å²) in [4.78, 5) is 2.33. The van der Waals surface area contributed by atoms with Crippen molar-refractivity contribution in [2.24, 2.45) is 11.7 Å². The van der Waals surface area contributed by atoms with E-state index in [0.717, 1.165) is 50.8 Å². The Bertz CT molecular complexity index is 633. The van der Waals surface area contributed by atoms with Gasteiger partial charge in [0, 0.05) is 18.8 Å². The number of benzene rings is 1. The van der Waals surface area contributed by atoms with Crippen molar-refractivity contribution in [2.75, 3.05) is 19.6 Å². The third-order valence-corrected chi connectivity index (χ3v) is 4.23. The Hall–Kier alpha value is -1.79. The standard InChI is InChI=1S/C16H20F2N4/c17-13-1-2-16(15(18)9-13)22-8-5-14(20-22)11-21-6-3-12(10-19)4-7-21/h1-2,5,8-9,12H,3-4,6-7,10-11,19H2. The minimum Gasteiger partial charge on any atom is -0.330 e. The number of hydrogen-bond donors (Lipinski definition) is 1. The quantitative estimate of drug-likeness (QED) is 0.943. The smallest absolute Gasteiger partial charge is 0.151 e. The van der Waals surface area contributed by atoms with Gasteiger partial charge in [0.1, 0.15) is 11.5 Å². The highest BCUT2D eigenvalue weighted by Crippen LogP contribution is 2.18. The molecule has 4 nitrogen and oxygen atoms in total. The molecule has 2 heterocycles. The maximum Gasteiger partial charge on any atom is 0.151 e. The SMILES string of the molecule is NCC1CCN(Cc2ccn(-c3ccc(F)cc3F)n2)CC1. The van der Waals surface area contributed by atoms with Crippen LogP contribution in [0.3, 0.4) is 0 Å². The van der Waals surface area contributed by atoms with Crippen molar-refractivity contribution in [2.45, 2.75) is 19.4 Å². The number of aromatic nitrogens is 2. The number of likely N-dealkylation sites (tertiary alicyclic amines) is 1. The fourth-order valence-electron chi connectivity index (χ4n) is 2.86. The minimum absolute atomic E-state index is 0.259. The molecule has 0 aliphatic carbocycles. The first-order valence-electron chi connectivity index (χ1n) is 7.58. The zero-order chi connectivity index (χ0) is 15.5. The Morgan fingerprint density at radius 2 is 1.95 bits per heavy atom.